The second kappa shape index (κ2) is 5.87. The quantitative estimate of drug-likeness (QED) is 0.760. The molecule has 0 saturated carbocycles. The van der Waals surface area contributed by atoms with Gasteiger partial charge in [0.15, 0.2) is 0 Å². The summed E-state index contributed by atoms with van der Waals surface area (Å²) in [5, 5.41) is 5.86. The Morgan fingerprint density at radius 2 is 2.22 bits per heavy atom. The molecule has 98 valence electrons. The minimum absolute atomic E-state index is 0.00404. The number of carbonyl (C=O) groups excluding carboxylic acids is 1. The van der Waals surface area contributed by atoms with Crippen LogP contribution in [0.3, 0.4) is 0 Å². The number of hydrogen-bond acceptors (Lipinski definition) is 3. The number of nitrogens with one attached hydrogen (secondary N) is 2. The molecule has 1 aromatic rings. The number of rotatable bonds is 6. The molecule has 0 bridgehead atoms. The number of benzene rings is 1. The lowest BCUT2D eigenvalue weighted by atomic mass is 10.1. The van der Waals surface area contributed by atoms with Crippen LogP contribution in [0.2, 0.25) is 0 Å². The maximum Gasteiger partial charge on any atom is 0.246 e. The molecule has 1 amide bonds. The van der Waals surface area contributed by atoms with Gasteiger partial charge in [-0.25, -0.2) is 0 Å². The van der Waals surface area contributed by atoms with Crippen LogP contribution in [0, 0.1) is 0 Å². The Morgan fingerprint density at radius 1 is 1.39 bits per heavy atom. The highest BCUT2D eigenvalue weighted by atomic mass is 16.5. The zero-order valence-electron chi connectivity index (χ0n) is 11.0. The fourth-order valence-corrected chi connectivity index (χ4v) is 2.16. The van der Waals surface area contributed by atoms with Gasteiger partial charge in [0.2, 0.25) is 5.91 Å². The zero-order chi connectivity index (χ0) is 13.0. The van der Waals surface area contributed by atoms with Gasteiger partial charge in [-0.3, -0.25) is 4.79 Å². The number of amides is 1. The smallest absolute Gasteiger partial charge is 0.246 e. The largest absolute Gasteiger partial charge is 0.494 e. The van der Waals surface area contributed by atoms with E-state index in [0.717, 1.165) is 30.0 Å². The summed E-state index contributed by atoms with van der Waals surface area (Å²) in [6.07, 6.45) is 3.44. The summed E-state index contributed by atoms with van der Waals surface area (Å²) in [5.41, 5.74) is 1.84. The van der Waals surface area contributed by atoms with E-state index in [-0.39, 0.29) is 11.9 Å². The van der Waals surface area contributed by atoms with Gasteiger partial charge in [0, 0.05) is 17.3 Å². The predicted octanol–water partition coefficient (Wildman–Crippen LogP) is 2.47. The highest BCUT2D eigenvalue weighted by Gasteiger charge is 2.29. The lowest BCUT2D eigenvalue weighted by Gasteiger charge is -2.09. The molecule has 2 N–H and O–H groups in total. The zero-order valence-corrected chi connectivity index (χ0v) is 11.0. The van der Waals surface area contributed by atoms with Crippen molar-refractivity contribution in [3.8, 4) is 5.75 Å². The number of hydrogen-bond donors (Lipinski definition) is 2. The Bertz CT molecular complexity index is 432. The molecular formula is C14H20N2O2. The van der Waals surface area contributed by atoms with Crippen LogP contribution in [-0.2, 0) is 4.79 Å². The number of fused-ring (bicyclic) bond motifs is 1. The first-order valence-corrected chi connectivity index (χ1v) is 6.51. The van der Waals surface area contributed by atoms with Crippen LogP contribution in [-0.4, -0.2) is 19.6 Å². The van der Waals surface area contributed by atoms with Crippen LogP contribution < -0.4 is 15.4 Å². The van der Waals surface area contributed by atoms with E-state index < -0.39 is 0 Å². The molecule has 0 saturated heterocycles. The number of carbonyl (C=O) groups is 1. The third-order valence-corrected chi connectivity index (χ3v) is 3.16. The van der Waals surface area contributed by atoms with Crippen molar-refractivity contribution >= 4 is 11.6 Å². The van der Waals surface area contributed by atoms with Gasteiger partial charge >= 0.3 is 0 Å². The van der Waals surface area contributed by atoms with E-state index in [1.165, 1.54) is 12.8 Å². The lowest BCUT2D eigenvalue weighted by molar-refractivity contribution is -0.117. The normalized spacial score (nSPS) is 17.4. The van der Waals surface area contributed by atoms with Crippen molar-refractivity contribution in [2.75, 3.05) is 19.0 Å². The van der Waals surface area contributed by atoms with Crippen molar-refractivity contribution in [1.29, 1.82) is 0 Å². The van der Waals surface area contributed by atoms with E-state index in [9.17, 15) is 4.79 Å². The van der Waals surface area contributed by atoms with Gasteiger partial charge in [0.25, 0.3) is 0 Å². The van der Waals surface area contributed by atoms with Crippen molar-refractivity contribution in [1.82, 2.24) is 5.32 Å². The highest BCUT2D eigenvalue weighted by molar-refractivity contribution is 6.02. The molecular weight excluding hydrogens is 228 g/mol. The molecule has 4 nitrogen and oxygen atoms in total. The van der Waals surface area contributed by atoms with Crippen LogP contribution in [0.1, 0.15) is 37.8 Å². The third kappa shape index (κ3) is 2.64. The predicted molar refractivity (Wildman–Crippen MR) is 71.9 cm³/mol. The van der Waals surface area contributed by atoms with E-state index in [2.05, 4.69) is 17.6 Å². The monoisotopic (exact) mass is 248 g/mol. The van der Waals surface area contributed by atoms with Gasteiger partial charge in [0.05, 0.1) is 6.61 Å². The number of anilines is 1. The van der Waals surface area contributed by atoms with Crippen LogP contribution in [0.15, 0.2) is 18.2 Å². The molecule has 0 radical (unpaired) electrons. The first-order chi connectivity index (χ1) is 8.76. The second-order valence-corrected chi connectivity index (χ2v) is 4.52. The van der Waals surface area contributed by atoms with E-state index in [1.54, 1.807) is 7.05 Å². The highest BCUT2D eigenvalue weighted by Crippen LogP contribution is 2.33. The van der Waals surface area contributed by atoms with Gasteiger partial charge in [-0.2, -0.15) is 0 Å². The molecule has 4 heteroatoms. The summed E-state index contributed by atoms with van der Waals surface area (Å²) < 4.78 is 5.67. The summed E-state index contributed by atoms with van der Waals surface area (Å²) in [4.78, 5) is 11.7. The van der Waals surface area contributed by atoms with Crippen molar-refractivity contribution in [3.05, 3.63) is 23.8 Å². The lowest BCUT2D eigenvalue weighted by Crippen LogP contribution is -2.23. The molecule has 1 heterocycles. The van der Waals surface area contributed by atoms with Crippen LogP contribution in [0.4, 0.5) is 5.69 Å². The van der Waals surface area contributed by atoms with E-state index in [4.69, 9.17) is 4.74 Å². The summed E-state index contributed by atoms with van der Waals surface area (Å²) in [6.45, 7) is 2.90. The maximum atomic E-state index is 11.7. The minimum Gasteiger partial charge on any atom is -0.494 e. The van der Waals surface area contributed by atoms with E-state index in [0.29, 0.717) is 0 Å². The average molecular weight is 248 g/mol. The molecule has 1 aliphatic rings. The Morgan fingerprint density at radius 3 is 2.94 bits per heavy atom. The molecule has 1 atom stereocenters. The van der Waals surface area contributed by atoms with Crippen LogP contribution in [0.5, 0.6) is 5.75 Å². The van der Waals surface area contributed by atoms with Gasteiger partial charge in [-0.15, -0.1) is 0 Å². The second-order valence-electron chi connectivity index (χ2n) is 4.52. The SMILES string of the molecule is CCCCCOc1ccc2c(c1)NC(=O)C2NC. The number of likely N-dealkylation sites (N-methyl/N-ethyl adjacent to an activating group) is 1. The molecule has 1 aromatic carbocycles. The fourth-order valence-electron chi connectivity index (χ4n) is 2.16. The maximum absolute atomic E-state index is 11.7. The Hall–Kier alpha value is -1.55. The Labute approximate surface area is 108 Å². The molecule has 1 aliphatic heterocycles. The van der Waals surface area contributed by atoms with Gasteiger partial charge in [-0.05, 0) is 19.5 Å². The number of unbranched alkanes of at least 4 members (excludes halogenated alkanes) is 2. The molecule has 0 aromatic heterocycles. The Balaban J connectivity index is 2.01. The molecule has 0 spiro atoms. The standard InChI is InChI=1S/C14H20N2O2/c1-3-4-5-8-18-10-6-7-11-12(9-10)16-14(17)13(11)15-2/h6-7,9,13,15H,3-5,8H2,1-2H3,(H,16,17). The number of ether oxygens (including phenoxy) is 1. The average Bonchev–Trinajstić information content (AvgIpc) is 2.69. The fraction of sp³-hybridized carbons (Fsp3) is 0.500. The van der Waals surface area contributed by atoms with Crippen molar-refractivity contribution in [2.24, 2.45) is 0 Å². The van der Waals surface area contributed by atoms with Crippen molar-refractivity contribution in [2.45, 2.75) is 32.2 Å². The minimum atomic E-state index is -0.242. The van der Waals surface area contributed by atoms with Gasteiger partial charge < -0.3 is 15.4 Å². The van der Waals surface area contributed by atoms with Crippen LogP contribution >= 0.6 is 0 Å². The van der Waals surface area contributed by atoms with E-state index in [1.807, 2.05) is 18.2 Å². The first kappa shape index (κ1) is 12.9. The molecule has 0 aliphatic carbocycles. The van der Waals surface area contributed by atoms with Crippen molar-refractivity contribution in [3.63, 3.8) is 0 Å². The van der Waals surface area contributed by atoms with Gasteiger partial charge in [0.1, 0.15) is 11.8 Å². The van der Waals surface area contributed by atoms with Crippen molar-refractivity contribution < 1.29 is 9.53 Å². The summed E-state index contributed by atoms with van der Waals surface area (Å²) in [7, 11) is 1.79. The molecule has 2 rings (SSSR count). The Kier molecular flexibility index (Phi) is 4.20. The molecule has 18 heavy (non-hydrogen) atoms. The molecule has 0 fully saturated rings. The summed E-state index contributed by atoms with van der Waals surface area (Å²) in [5.74, 6) is 0.817. The molecule has 1 unspecified atom stereocenters. The third-order valence-electron chi connectivity index (χ3n) is 3.16. The summed E-state index contributed by atoms with van der Waals surface area (Å²) in [6, 6.07) is 5.53. The first-order valence-electron chi connectivity index (χ1n) is 6.51. The summed E-state index contributed by atoms with van der Waals surface area (Å²) >= 11 is 0. The van der Waals surface area contributed by atoms with Crippen LogP contribution in [0.25, 0.3) is 0 Å². The topological polar surface area (TPSA) is 50.4 Å². The van der Waals surface area contributed by atoms with Gasteiger partial charge in [-0.1, -0.05) is 25.8 Å². The van der Waals surface area contributed by atoms with E-state index >= 15 is 0 Å².